The van der Waals surface area contributed by atoms with Crippen LogP contribution >= 0.6 is 0 Å². The van der Waals surface area contributed by atoms with E-state index in [1.807, 2.05) is 30.3 Å². The molecule has 1 amide bonds. The van der Waals surface area contributed by atoms with E-state index in [0.717, 1.165) is 24.3 Å². The van der Waals surface area contributed by atoms with E-state index in [-0.39, 0.29) is 11.9 Å². The highest BCUT2D eigenvalue weighted by Gasteiger charge is 2.25. The average Bonchev–Trinajstić information content (AvgIpc) is 2.49. The Bertz CT molecular complexity index is 446. The second kappa shape index (κ2) is 7.60. The van der Waals surface area contributed by atoms with Crippen molar-refractivity contribution in [2.75, 3.05) is 0 Å². The zero-order valence-corrected chi connectivity index (χ0v) is 13.2. The SMILES string of the molecule is CC1CCC(NC(=O)CCC(N)c2ccccc2)CC1C. The van der Waals surface area contributed by atoms with Gasteiger partial charge >= 0.3 is 0 Å². The Labute approximate surface area is 128 Å². The van der Waals surface area contributed by atoms with Crippen LogP contribution in [0.5, 0.6) is 0 Å². The Morgan fingerprint density at radius 2 is 1.95 bits per heavy atom. The molecule has 3 heteroatoms. The van der Waals surface area contributed by atoms with Crippen LogP contribution in [0.4, 0.5) is 0 Å². The second-order valence-electron chi connectivity index (χ2n) is 6.59. The number of hydrogen-bond donors (Lipinski definition) is 2. The first-order chi connectivity index (χ1) is 10.1. The van der Waals surface area contributed by atoms with Crippen LogP contribution < -0.4 is 11.1 Å². The Kier molecular flexibility index (Phi) is 5.80. The smallest absolute Gasteiger partial charge is 0.220 e. The van der Waals surface area contributed by atoms with E-state index < -0.39 is 0 Å². The number of benzene rings is 1. The van der Waals surface area contributed by atoms with Gasteiger partial charge in [0.15, 0.2) is 0 Å². The average molecular weight is 288 g/mol. The van der Waals surface area contributed by atoms with Crippen molar-refractivity contribution in [3.63, 3.8) is 0 Å². The topological polar surface area (TPSA) is 55.1 Å². The number of carbonyl (C=O) groups is 1. The molecule has 1 aliphatic carbocycles. The van der Waals surface area contributed by atoms with E-state index in [2.05, 4.69) is 19.2 Å². The lowest BCUT2D eigenvalue weighted by molar-refractivity contribution is -0.122. The molecule has 3 N–H and O–H groups in total. The third kappa shape index (κ3) is 4.85. The van der Waals surface area contributed by atoms with Crippen LogP contribution in [0.1, 0.15) is 57.6 Å². The summed E-state index contributed by atoms with van der Waals surface area (Å²) < 4.78 is 0. The summed E-state index contributed by atoms with van der Waals surface area (Å²) in [5, 5.41) is 3.18. The molecular weight excluding hydrogens is 260 g/mol. The maximum atomic E-state index is 12.1. The van der Waals surface area contributed by atoms with Gasteiger partial charge in [-0.15, -0.1) is 0 Å². The molecule has 4 atom stereocenters. The predicted octanol–water partition coefficient (Wildman–Crippen LogP) is 3.41. The van der Waals surface area contributed by atoms with Crippen molar-refractivity contribution in [3.8, 4) is 0 Å². The monoisotopic (exact) mass is 288 g/mol. The van der Waals surface area contributed by atoms with E-state index in [0.29, 0.717) is 24.8 Å². The lowest BCUT2D eigenvalue weighted by atomic mass is 9.79. The summed E-state index contributed by atoms with van der Waals surface area (Å²) >= 11 is 0. The van der Waals surface area contributed by atoms with E-state index in [4.69, 9.17) is 5.73 Å². The number of hydrogen-bond acceptors (Lipinski definition) is 2. The van der Waals surface area contributed by atoms with Gasteiger partial charge < -0.3 is 11.1 Å². The quantitative estimate of drug-likeness (QED) is 0.872. The van der Waals surface area contributed by atoms with Crippen molar-refractivity contribution in [1.29, 1.82) is 0 Å². The number of nitrogens with two attached hydrogens (primary N) is 1. The maximum Gasteiger partial charge on any atom is 0.220 e. The molecule has 0 aliphatic heterocycles. The van der Waals surface area contributed by atoms with Gasteiger partial charge in [0.2, 0.25) is 5.91 Å². The molecular formula is C18H28N2O. The molecule has 1 fully saturated rings. The standard InChI is InChI=1S/C18H28N2O/c1-13-8-9-16(12-14(13)2)20-18(21)11-10-17(19)15-6-4-3-5-7-15/h3-7,13-14,16-17H,8-12,19H2,1-2H3,(H,20,21). The highest BCUT2D eigenvalue weighted by molar-refractivity contribution is 5.76. The Morgan fingerprint density at radius 3 is 2.62 bits per heavy atom. The summed E-state index contributed by atoms with van der Waals surface area (Å²) in [5.74, 6) is 1.63. The van der Waals surface area contributed by atoms with Crippen LogP contribution in [-0.4, -0.2) is 11.9 Å². The van der Waals surface area contributed by atoms with E-state index >= 15 is 0 Å². The van der Waals surface area contributed by atoms with Gasteiger partial charge in [-0.05, 0) is 43.1 Å². The maximum absolute atomic E-state index is 12.1. The molecule has 3 nitrogen and oxygen atoms in total. The Morgan fingerprint density at radius 1 is 1.24 bits per heavy atom. The molecule has 0 spiro atoms. The van der Waals surface area contributed by atoms with Gasteiger partial charge in [0.1, 0.15) is 0 Å². The van der Waals surface area contributed by atoms with Crippen LogP contribution in [-0.2, 0) is 4.79 Å². The zero-order valence-electron chi connectivity index (χ0n) is 13.2. The van der Waals surface area contributed by atoms with Crippen molar-refractivity contribution in [3.05, 3.63) is 35.9 Å². The largest absolute Gasteiger partial charge is 0.353 e. The minimum atomic E-state index is -0.0535. The second-order valence-corrected chi connectivity index (χ2v) is 6.59. The van der Waals surface area contributed by atoms with Gasteiger partial charge in [0, 0.05) is 18.5 Å². The molecule has 0 bridgehead atoms. The van der Waals surface area contributed by atoms with E-state index in [1.165, 1.54) is 6.42 Å². The van der Waals surface area contributed by atoms with Crippen molar-refractivity contribution >= 4 is 5.91 Å². The molecule has 1 saturated carbocycles. The summed E-state index contributed by atoms with van der Waals surface area (Å²) in [7, 11) is 0. The minimum absolute atomic E-state index is 0.0535. The molecule has 21 heavy (non-hydrogen) atoms. The van der Waals surface area contributed by atoms with E-state index in [1.54, 1.807) is 0 Å². The molecule has 0 aromatic heterocycles. The van der Waals surface area contributed by atoms with Gasteiger partial charge in [-0.25, -0.2) is 0 Å². The van der Waals surface area contributed by atoms with Crippen LogP contribution in [0.2, 0.25) is 0 Å². The first kappa shape index (κ1) is 16.0. The summed E-state index contributed by atoms with van der Waals surface area (Å²) in [4.78, 5) is 12.1. The fourth-order valence-electron chi connectivity index (χ4n) is 3.13. The normalized spacial score (nSPS) is 27.1. The van der Waals surface area contributed by atoms with E-state index in [9.17, 15) is 4.79 Å². The van der Waals surface area contributed by atoms with Gasteiger partial charge in [-0.3, -0.25) is 4.79 Å². The molecule has 116 valence electrons. The molecule has 0 heterocycles. The highest BCUT2D eigenvalue weighted by Crippen LogP contribution is 2.29. The van der Waals surface area contributed by atoms with Gasteiger partial charge in [0.25, 0.3) is 0 Å². The molecule has 2 rings (SSSR count). The first-order valence-electron chi connectivity index (χ1n) is 8.16. The summed E-state index contributed by atoms with van der Waals surface area (Å²) in [6.45, 7) is 4.59. The molecule has 1 aromatic carbocycles. The van der Waals surface area contributed by atoms with Crippen LogP contribution in [0.25, 0.3) is 0 Å². The minimum Gasteiger partial charge on any atom is -0.353 e. The van der Waals surface area contributed by atoms with Crippen molar-refractivity contribution in [1.82, 2.24) is 5.32 Å². The lowest BCUT2D eigenvalue weighted by Crippen LogP contribution is -2.40. The number of amides is 1. The molecule has 0 saturated heterocycles. The summed E-state index contributed by atoms with van der Waals surface area (Å²) in [6, 6.07) is 10.3. The predicted molar refractivity (Wildman–Crippen MR) is 86.7 cm³/mol. The van der Waals surface area contributed by atoms with Crippen LogP contribution in [0.3, 0.4) is 0 Å². The fraction of sp³-hybridized carbons (Fsp3) is 0.611. The third-order valence-electron chi connectivity index (χ3n) is 4.87. The van der Waals surface area contributed by atoms with Crippen LogP contribution in [0.15, 0.2) is 30.3 Å². The van der Waals surface area contributed by atoms with Crippen molar-refractivity contribution in [2.24, 2.45) is 17.6 Å². The first-order valence-corrected chi connectivity index (χ1v) is 8.16. The molecule has 4 unspecified atom stereocenters. The molecule has 0 radical (unpaired) electrons. The molecule has 1 aliphatic rings. The number of nitrogens with one attached hydrogen (secondary N) is 1. The van der Waals surface area contributed by atoms with Crippen LogP contribution in [0, 0.1) is 11.8 Å². The third-order valence-corrected chi connectivity index (χ3v) is 4.87. The highest BCUT2D eigenvalue weighted by atomic mass is 16.1. The Balaban J connectivity index is 1.73. The summed E-state index contributed by atoms with van der Waals surface area (Å²) in [5.41, 5.74) is 7.24. The molecule has 1 aromatic rings. The van der Waals surface area contributed by atoms with Gasteiger partial charge in [-0.2, -0.15) is 0 Å². The number of rotatable bonds is 5. The summed E-state index contributed by atoms with van der Waals surface area (Å²) in [6.07, 6.45) is 4.65. The van der Waals surface area contributed by atoms with Gasteiger partial charge in [-0.1, -0.05) is 44.2 Å². The van der Waals surface area contributed by atoms with Gasteiger partial charge in [0.05, 0.1) is 0 Å². The Hall–Kier alpha value is -1.35. The van der Waals surface area contributed by atoms with Crippen molar-refractivity contribution < 1.29 is 4.79 Å². The zero-order chi connectivity index (χ0) is 15.2. The lowest BCUT2D eigenvalue weighted by Gasteiger charge is -2.32. The fourth-order valence-corrected chi connectivity index (χ4v) is 3.13. The van der Waals surface area contributed by atoms with Crippen molar-refractivity contribution in [2.45, 2.75) is 58.0 Å². The number of carbonyl (C=O) groups excluding carboxylic acids is 1.